The number of amides is 2. The van der Waals surface area contributed by atoms with Crippen molar-refractivity contribution in [3.05, 3.63) is 82.1 Å². The van der Waals surface area contributed by atoms with Crippen LogP contribution >= 0.6 is 11.6 Å². The number of aldehydes is 1. The third-order valence-corrected chi connectivity index (χ3v) is 6.79. The minimum absolute atomic E-state index is 0.0137. The maximum atomic E-state index is 13.4. The summed E-state index contributed by atoms with van der Waals surface area (Å²) in [7, 11) is 1.58. The molecule has 1 unspecified atom stereocenters. The van der Waals surface area contributed by atoms with Crippen LogP contribution in [-0.2, 0) is 16.0 Å². The van der Waals surface area contributed by atoms with E-state index in [0.29, 0.717) is 41.2 Å². The van der Waals surface area contributed by atoms with Crippen LogP contribution < -0.4 is 15.0 Å². The van der Waals surface area contributed by atoms with Crippen molar-refractivity contribution in [2.24, 2.45) is 11.3 Å². The van der Waals surface area contributed by atoms with Crippen molar-refractivity contribution in [3.63, 3.8) is 0 Å². The number of pyridine rings is 1. The second kappa shape index (κ2) is 13.1. The number of benzene rings is 2. The molecule has 212 valence electrons. The van der Waals surface area contributed by atoms with Gasteiger partial charge in [-0.3, -0.25) is 14.6 Å². The summed E-state index contributed by atoms with van der Waals surface area (Å²) in [6.45, 7) is 12.1. The van der Waals surface area contributed by atoms with Crippen LogP contribution in [0.2, 0.25) is 5.02 Å². The monoisotopic (exact) mass is 563 g/mol. The van der Waals surface area contributed by atoms with Gasteiger partial charge in [-0.1, -0.05) is 64.4 Å². The fourth-order valence-corrected chi connectivity index (χ4v) is 4.74. The number of halogens is 1. The fraction of sp³-hybridized carbons (Fsp3) is 0.375. The van der Waals surface area contributed by atoms with Gasteiger partial charge in [-0.25, -0.2) is 0 Å². The first-order valence-corrected chi connectivity index (χ1v) is 13.7. The Balaban J connectivity index is 1.84. The first kappa shape index (κ1) is 30.8. The highest BCUT2D eigenvalue weighted by Crippen LogP contribution is 2.35. The molecule has 0 aliphatic rings. The standard InChI is InChI=1S/C32H38ClN3O4/c1-20(2)18-36(31(39)32(4,5)6)27-15-23(10-13-28(27)40-7)24(19-37)14-22-8-11-25(12-9-22)35-30(38)29-21(3)16-34-17-26(29)33/h8-13,15-17,19-20,24H,14,18H2,1-7H3,(H,35,38). The molecule has 1 heterocycles. The predicted octanol–water partition coefficient (Wildman–Crippen LogP) is 6.86. The lowest BCUT2D eigenvalue weighted by Crippen LogP contribution is -2.42. The first-order valence-electron chi connectivity index (χ1n) is 13.3. The van der Waals surface area contributed by atoms with Gasteiger partial charge in [0.15, 0.2) is 0 Å². The molecule has 0 radical (unpaired) electrons. The van der Waals surface area contributed by atoms with E-state index in [4.69, 9.17) is 16.3 Å². The van der Waals surface area contributed by atoms with E-state index in [9.17, 15) is 14.4 Å². The number of ether oxygens (including phenoxy) is 1. The zero-order valence-corrected chi connectivity index (χ0v) is 25.0. The van der Waals surface area contributed by atoms with Crippen molar-refractivity contribution in [1.82, 2.24) is 4.98 Å². The second-order valence-corrected chi connectivity index (χ2v) is 11.8. The van der Waals surface area contributed by atoms with Gasteiger partial charge in [-0.2, -0.15) is 0 Å². The summed E-state index contributed by atoms with van der Waals surface area (Å²) in [5.74, 6) is 0.0504. The maximum Gasteiger partial charge on any atom is 0.257 e. The molecule has 0 saturated heterocycles. The Morgan fingerprint density at radius 2 is 1.77 bits per heavy atom. The number of methoxy groups -OCH3 is 1. The van der Waals surface area contributed by atoms with Crippen LogP contribution in [0.1, 0.15) is 67.6 Å². The van der Waals surface area contributed by atoms with Crippen LogP contribution in [0.5, 0.6) is 5.75 Å². The van der Waals surface area contributed by atoms with Crippen molar-refractivity contribution < 1.29 is 19.1 Å². The first-order chi connectivity index (χ1) is 18.8. The average molecular weight is 564 g/mol. The quantitative estimate of drug-likeness (QED) is 0.272. The van der Waals surface area contributed by atoms with Crippen LogP contribution in [0, 0.1) is 18.3 Å². The summed E-state index contributed by atoms with van der Waals surface area (Å²) in [5, 5.41) is 3.15. The number of carbonyl (C=O) groups excluding carboxylic acids is 3. The highest BCUT2D eigenvalue weighted by Gasteiger charge is 2.31. The fourth-order valence-electron chi connectivity index (χ4n) is 4.44. The Kier molecular flexibility index (Phi) is 10.1. The number of carbonyl (C=O) groups is 3. The summed E-state index contributed by atoms with van der Waals surface area (Å²) in [6, 6.07) is 12.9. The number of hydrogen-bond acceptors (Lipinski definition) is 5. The van der Waals surface area contributed by atoms with E-state index in [-0.39, 0.29) is 22.8 Å². The van der Waals surface area contributed by atoms with Crippen molar-refractivity contribution in [1.29, 1.82) is 0 Å². The zero-order chi connectivity index (χ0) is 29.6. The molecule has 3 aromatic rings. The zero-order valence-electron chi connectivity index (χ0n) is 24.2. The van der Waals surface area contributed by atoms with Crippen LogP contribution in [0.3, 0.4) is 0 Å². The smallest absolute Gasteiger partial charge is 0.257 e. The Morgan fingerprint density at radius 3 is 2.33 bits per heavy atom. The Labute approximate surface area is 241 Å². The molecule has 8 heteroatoms. The minimum Gasteiger partial charge on any atom is -0.495 e. The molecule has 40 heavy (non-hydrogen) atoms. The average Bonchev–Trinajstić information content (AvgIpc) is 2.90. The summed E-state index contributed by atoms with van der Waals surface area (Å²) >= 11 is 6.18. The number of aryl methyl sites for hydroxylation is 1. The SMILES string of the molecule is COc1ccc(C(C=O)Cc2ccc(NC(=O)c3c(C)cncc3Cl)cc2)cc1N(CC(C)C)C(=O)C(C)(C)C. The van der Waals surface area contributed by atoms with Gasteiger partial charge in [0.25, 0.3) is 5.91 Å². The van der Waals surface area contributed by atoms with Gasteiger partial charge in [0.05, 0.1) is 23.4 Å². The molecule has 1 aromatic heterocycles. The topological polar surface area (TPSA) is 88.6 Å². The molecule has 7 nitrogen and oxygen atoms in total. The molecule has 0 saturated carbocycles. The van der Waals surface area contributed by atoms with Gasteiger partial charge < -0.3 is 19.7 Å². The van der Waals surface area contributed by atoms with E-state index < -0.39 is 11.3 Å². The van der Waals surface area contributed by atoms with Gasteiger partial charge in [-0.05, 0) is 60.2 Å². The molecule has 3 rings (SSSR count). The molecular weight excluding hydrogens is 526 g/mol. The largest absolute Gasteiger partial charge is 0.495 e. The number of rotatable bonds is 10. The lowest BCUT2D eigenvalue weighted by Gasteiger charge is -2.32. The molecule has 0 aliphatic carbocycles. The highest BCUT2D eigenvalue weighted by molar-refractivity contribution is 6.34. The number of nitrogens with zero attached hydrogens (tertiary/aromatic N) is 2. The van der Waals surface area contributed by atoms with E-state index in [1.54, 1.807) is 37.3 Å². The van der Waals surface area contributed by atoms with Crippen molar-refractivity contribution in [2.45, 2.75) is 53.9 Å². The Hall–Kier alpha value is -3.71. The van der Waals surface area contributed by atoms with Gasteiger partial charge in [0.1, 0.15) is 12.0 Å². The van der Waals surface area contributed by atoms with Crippen LogP contribution in [-0.4, -0.2) is 36.7 Å². The molecule has 0 fully saturated rings. The molecule has 2 amide bonds. The molecule has 1 atom stereocenters. The van der Waals surface area contributed by atoms with Crippen molar-refractivity contribution >= 4 is 41.1 Å². The number of nitrogens with one attached hydrogen (secondary N) is 1. The van der Waals surface area contributed by atoms with Crippen molar-refractivity contribution in [2.75, 3.05) is 23.9 Å². The summed E-state index contributed by atoms with van der Waals surface area (Å²) in [5.41, 5.74) is 3.47. The molecule has 1 N–H and O–H groups in total. The van der Waals surface area contributed by atoms with Crippen LogP contribution in [0.25, 0.3) is 0 Å². The third kappa shape index (κ3) is 7.48. The molecular formula is C32H38ClN3O4. The van der Waals surface area contributed by atoms with Crippen molar-refractivity contribution in [3.8, 4) is 5.75 Å². The Bertz CT molecular complexity index is 1340. The summed E-state index contributed by atoms with van der Waals surface area (Å²) in [4.78, 5) is 44.2. The van der Waals surface area contributed by atoms with Gasteiger partial charge >= 0.3 is 0 Å². The van der Waals surface area contributed by atoms with Crippen LogP contribution in [0.15, 0.2) is 54.9 Å². The minimum atomic E-state index is -0.585. The van der Waals surface area contributed by atoms with E-state index in [1.165, 1.54) is 6.20 Å². The van der Waals surface area contributed by atoms with Crippen LogP contribution in [0.4, 0.5) is 11.4 Å². The highest BCUT2D eigenvalue weighted by atomic mass is 35.5. The maximum absolute atomic E-state index is 13.4. The van der Waals surface area contributed by atoms with E-state index in [2.05, 4.69) is 24.1 Å². The second-order valence-electron chi connectivity index (χ2n) is 11.4. The molecule has 0 aliphatic heterocycles. The third-order valence-electron chi connectivity index (χ3n) is 6.50. The molecule has 0 bridgehead atoms. The predicted molar refractivity (Wildman–Crippen MR) is 161 cm³/mol. The lowest BCUT2D eigenvalue weighted by atomic mass is 9.91. The summed E-state index contributed by atoms with van der Waals surface area (Å²) < 4.78 is 5.62. The van der Waals surface area contributed by atoms with E-state index >= 15 is 0 Å². The number of hydrogen-bond donors (Lipinski definition) is 1. The normalized spacial score (nSPS) is 12.1. The molecule has 0 spiro atoms. The lowest BCUT2D eigenvalue weighted by molar-refractivity contribution is -0.125. The van der Waals surface area contributed by atoms with Gasteiger partial charge in [0.2, 0.25) is 5.91 Å². The van der Waals surface area contributed by atoms with E-state index in [0.717, 1.165) is 17.4 Å². The summed E-state index contributed by atoms with van der Waals surface area (Å²) in [6.07, 6.45) is 4.41. The number of anilines is 2. The van der Waals surface area contributed by atoms with Gasteiger partial charge in [0, 0.05) is 36.0 Å². The van der Waals surface area contributed by atoms with E-state index in [1.807, 2.05) is 51.1 Å². The Morgan fingerprint density at radius 1 is 1.10 bits per heavy atom. The van der Waals surface area contributed by atoms with Gasteiger partial charge in [-0.15, -0.1) is 0 Å². The number of aromatic nitrogens is 1. The molecule has 2 aromatic carbocycles.